The van der Waals surface area contributed by atoms with Crippen LogP contribution in [-0.2, 0) is 16.0 Å². The van der Waals surface area contributed by atoms with Gasteiger partial charge in [-0.15, -0.1) is 0 Å². The first-order valence-electron chi connectivity index (χ1n) is 7.08. The number of aromatic amines is 1. The van der Waals surface area contributed by atoms with Gasteiger partial charge in [0.25, 0.3) is 0 Å². The molecule has 1 N–H and O–H groups in total. The van der Waals surface area contributed by atoms with Crippen LogP contribution in [0.25, 0.3) is 11.0 Å². The minimum atomic E-state index is -0.165. The zero-order chi connectivity index (χ0) is 14.5. The van der Waals surface area contributed by atoms with Crippen molar-refractivity contribution >= 4 is 23.3 Å². The van der Waals surface area contributed by atoms with Crippen molar-refractivity contribution in [3.05, 3.63) is 28.5 Å². The van der Waals surface area contributed by atoms with Crippen LogP contribution in [0.3, 0.4) is 0 Å². The van der Waals surface area contributed by atoms with E-state index in [1.54, 1.807) is 0 Å². The Morgan fingerprint density at radius 2 is 1.95 bits per heavy atom. The highest BCUT2D eigenvalue weighted by atomic mass is 32.1. The van der Waals surface area contributed by atoms with E-state index < -0.39 is 0 Å². The third-order valence-corrected chi connectivity index (χ3v) is 3.55. The predicted molar refractivity (Wildman–Crippen MR) is 83.5 cm³/mol. The predicted octanol–water partition coefficient (Wildman–Crippen LogP) is 3.80. The third-order valence-electron chi connectivity index (χ3n) is 3.22. The molecule has 0 unspecified atom stereocenters. The second kappa shape index (κ2) is 7.02. The van der Waals surface area contributed by atoms with E-state index in [2.05, 4.69) is 34.7 Å². The summed E-state index contributed by atoms with van der Waals surface area (Å²) in [5.41, 5.74) is 3.44. The number of ether oxygens (including phenoxy) is 2. The molecule has 1 aromatic carbocycles. The fourth-order valence-electron chi connectivity index (χ4n) is 2.32. The first-order valence-corrected chi connectivity index (χ1v) is 7.49. The normalized spacial score (nSPS) is 11.6. The van der Waals surface area contributed by atoms with Crippen molar-refractivity contribution in [1.82, 2.24) is 9.55 Å². The van der Waals surface area contributed by atoms with Crippen molar-refractivity contribution < 1.29 is 9.47 Å². The highest BCUT2D eigenvalue weighted by Crippen LogP contribution is 2.17. The molecule has 20 heavy (non-hydrogen) atoms. The lowest BCUT2D eigenvalue weighted by Crippen LogP contribution is -2.19. The summed E-state index contributed by atoms with van der Waals surface area (Å²) >= 11 is 5.40. The zero-order valence-electron chi connectivity index (χ0n) is 12.3. The van der Waals surface area contributed by atoms with Gasteiger partial charge in [-0.05, 0) is 50.7 Å². The van der Waals surface area contributed by atoms with Gasteiger partial charge in [-0.2, -0.15) is 0 Å². The molecular formula is C15H22N2O2S. The van der Waals surface area contributed by atoms with Crippen LogP contribution in [0.5, 0.6) is 0 Å². The molecule has 0 spiro atoms. The Hall–Kier alpha value is -1.17. The van der Waals surface area contributed by atoms with Gasteiger partial charge in [-0.1, -0.05) is 6.07 Å². The van der Waals surface area contributed by atoms with E-state index in [4.69, 9.17) is 21.7 Å². The van der Waals surface area contributed by atoms with Crippen molar-refractivity contribution in [3.8, 4) is 0 Å². The van der Waals surface area contributed by atoms with Gasteiger partial charge in [0.05, 0.1) is 11.0 Å². The Balaban J connectivity index is 2.16. The summed E-state index contributed by atoms with van der Waals surface area (Å²) in [5.74, 6) is 0. The molecule has 0 saturated carbocycles. The molecule has 2 aromatic rings. The van der Waals surface area contributed by atoms with E-state index in [9.17, 15) is 0 Å². The number of aromatic nitrogens is 2. The Labute approximate surface area is 124 Å². The van der Waals surface area contributed by atoms with Gasteiger partial charge >= 0.3 is 0 Å². The Bertz CT molecular complexity index is 612. The van der Waals surface area contributed by atoms with Crippen LogP contribution in [0.1, 0.15) is 25.8 Å². The summed E-state index contributed by atoms with van der Waals surface area (Å²) < 4.78 is 14.0. The van der Waals surface area contributed by atoms with Crippen LogP contribution in [0.15, 0.2) is 18.2 Å². The maximum absolute atomic E-state index is 5.57. The zero-order valence-corrected chi connectivity index (χ0v) is 13.1. The van der Waals surface area contributed by atoms with Crippen molar-refractivity contribution in [1.29, 1.82) is 0 Å². The summed E-state index contributed by atoms with van der Waals surface area (Å²) in [4.78, 5) is 3.25. The van der Waals surface area contributed by atoms with Crippen LogP contribution in [0.2, 0.25) is 0 Å². The SMILES string of the molecule is CCOC(CCn1c(=S)[nH]c2cc(C)ccc21)OCC. The molecule has 110 valence electrons. The second-order valence-corrected chi connectivity index (χ2v) is 5.12. The van der Waals surface area contributed by atoms with Crippen molar-refractivity contribution in [3.63, 3.8) is 0 Å². The van der Waals surface area contributed by atoms with Gasteiger partial charge in [0.2, 0.25) is 0 Å². The molecule has 0 amide bonds. The quantitative estimate of drug-likeness (QED) is 0.623. The fourth-order valence-corrected chi connectivity index (χ4v) is 2.62. The molecule has 0 saturated heterocycles. The molecule has 0 fully saturated rings. The molecular weight excluding hydrogens is 272 g/mol. The summed E-state index contributed by atoms with van der Waals surface area (Å²) in [5, 5.41) is 0. The maximum atomic E-state index is 5.57. The molecule has 0 aliphatic heterocycles. The van der Waals surface area contributed by atoms with Crippen LogP contribution in [-0.4, -0.2) is 29.1 Å². The lowest BCUT2D eigenvalue weighted by molar-refractivity contribution is -0.140. The van der Waals surface area contributed by atoms with E-state index in [1.165, 1.54) is 5.56 Å². The van der Waals surface area contributed by atoms with E-state index in [-0.39, 0.29) is 6.29 Å². The summed E-state index contributed by atoms with van der Waals surface area (Å²) in [6, 6.07) is 6.32. The number of H-pyrrole nitrogens is 1. The Morgan fingerprint density at radius 3 is 2.60 bits per heavy atom. The number of benzene rings is 1. The lowest BCUT2D eigenvalue weighted by atomic mass is 10.2. The molecule has 0 bridgehead atoms. The van der Waals surface area contributed by atoms with Gasteiger partial charge in [0, 0.05) is 26.2 Å². The van der Waals surface area contributed by atoms with Crippen LogP contribution in [0, 0.1) is 11.7 Å². The van der Waals surface area contributed by atoms with E-state index in [0.717, 1.165) is 28.8 Å². The number of hydrogen-bond donors (Lipinski definition) is 1. The number of fused-ring (bicyclic) bond motifs is 1. The second-order valence-electron chi connectivity index (χ2n) is 4.73. The monoisotopic (exact) mass is 294 g/mol. The van der Waals surface area contributed by atoms with Gasteiger partial charge in [-0.25, -0.2) is 0 Å². The van der Waals surface area contributed by atoms with Crippen molar-refractivity contribution in [2.24, 2.45) is 0 Å². The first kappa shape index (κ1) is 15.2. The number of hydrogen-bond acceptors (Lipinski definition) is 3. The standard InChI is InChI=1S/C15H22N2O2S/c1-4-18-14(19-5-2)8-9-17-13-7-6-11(3)10-12(13)16-15(17)20/h6-7,10,14H,4-5,8-9H2,1-3H3,(H,16,20). The topological polar surface area (TPSA) is 39.2 Å². The van der Waals surface area contributed by atoms with Crippen molar-refractivity contribution in [2.75, 3.05) is 13.2 Å². The summed E-state index contributed by atoms with van der Waals surface area (Å²) in [6.45, 7) is 8.13. The van der Waals surface area contributed by atoms with Crippen molar-refractivity contribution in [2.45, 2.75) is 40.0 Å². The first-order chi connectivity index (χ1) is 9.65. The summed E-state index contributed by atoms with van der Waals surface area (Å²) in [7, 11) is 0. The van der Waals surface area contributed by atoms with Crippen LogP contribution < -0.4 is 0 Å². The van der Waals surface area contributed by atoms with E-state index >= 15 is 0 Å². The van der Waals surface area contributed by atoms with E-state index in [1.807, 2.05) is 13.8 Å². The summed E-state index contributed by atoms with van der Waals surface area (Å²) in [6.07, 6.45) is 0.624. The highest BCUT2D eigenvalue weighted by molar-refractivity contribution is 7.71. The Morgan fingerprint density at radius 1 is 1.25 bits per heavy atom. The molecule has 0 radical (unpaired) electrons. The molecule has 2 rings (SSSR count). The molecule has 0 atom stereocenters. The average molecular weight is 294 g/mol. The number of rotatable bonds is 7. The highest BCUT2D eigenvalue weighted by Gasteiger charge is 2.10. The minimum absolute atomic E-state index is 0.165. The number of nitrogens with zero attached hydrogens (tertiary/aromatic N) is 1. The fraction of sp³-hybridized carbons (Fsp3) is 0.533. The third kappa shape index (κ3) is 3.48. The van der Waals surface area contributed by atoms with Gasteiger partial charge in [-0.3, -0.25) is 0 Å². The number of imidazole rings is 1. The Kier molecular flexibility index (Phi) is 5.34. The van der Waals surface area contributed by atoms with Crippen LogP contribution >= 0.6 is 12.2 Å². The molecule has 1 heterocycles. The van der Waals surface area contributed by atoms with Gasteiger partial charge in [0.1, 0.15) is 0 Å². The average Bonchev–Trinajstić information content (AvgIpc) is 2.71. The molecule has 1 aromatic heterocycles. The molecule has 4 nitrogen and oxygen atoms in total. The molecule has 5 heteroatoms. The number of nitrogens with one attached hydrogen (secondary N) is 1. The minimum Gasteiger partial charge on any atom is -0.353 e. The largest absolute Gasteiger partial charge is 0.353 e. The van der Waals surface area contributed by atoms with Crippen LogP contribution in [0.4, 0.5) is 0 Å². The van der Waals surface area contributed by atoms with Gasteiger partial charge in [0.15, 0.2) is 11.1 Å². The van der Waals surface area contributed by atoms with E-state index in [0.29, 0.717) is 13.2 Å². The molecule has 0 aliphatic rings. The smallest absolute Gasteiger partial charge is 0.178 e. The molecule has 0 aliphatic carbocycles. The number of aryl methyl sites for hydroxylation is 2. The lowest BCUT2D eigenvalue weighted by Gasteiger charge is -2.17. The van der Waals surface area contributed by atoms with Gasteiger partial charge < -0.3 is 19.0 Å². The maximum Gasteiger partial charge on any atom is 0.178 e.